The highest BCUT2D eigenvalue weighted by Crippen LogP contribution is 2.34. The van der Waals surface area contributed by atoms with Crippen LogP contribution < -0.4 is 11.3 Å². The summed E-state index contributed by atoms with van der Waals surface area (Å²) in [6.07, 6.45) is -1.67. The second-order valence-corrected chi connectivity index (χ2v) is 12.9. The van der Waals surface area contributed by atoms with E-state index in [0.29, 0.717) is 61.2 Å². The number of aromatic amines is 1. The quantitative estimate of drug-likeness (QED) is 0.193. The average Bonchev–Trinajstić information content (AvgIpc) is 3.69. The van der Waals surface area contributed by atoms with E-state index in [1.54, 1.807) is 13.8 Å². The van der Waals surface area contributed by atoms with Gasteiger partial charge in [0.1, 0.15) is 0 Å². The van der Waals surface area contributed by atoms with Gasteiger partial charge in [0.05, 0.1) is 24.0 Å². The lowest BCUT2D eigenvalue weighted by Crippen LogP contribution is -2.36. The zero-order chi connectivity index (χ0) is 34.2. The number of nitrogens with zero attached hydrogens (tertiary/aromatic N) is 5. The van der Waals surface area contributed by atoms with Crippen LogP contribution in [0.2, 0.25) is 0 Å². The molecule has 1 fully saturated rings. The highest BCUT2D eigenvalue weighted by atomic mass is 19.4. The monoisotopic (exact) mass is 666 g/mol. The maximum atomic E-state index is 14.4. The lowest BCUT2D eigenvalue weighted by molar-refractivity contribution is -0.144. The molecule has 0 spiro atoms. The van der Waals surface area contributed by atoms with Gasteiger partial charge in [-0.25, -0.2) is 9.31 Å². The molecular formula is C34H37F3N6O5. The van der Waals surface area contributed by atoms with Gasteiger partial charge in [-0.3, -0.25) is 18.9 Å². The summed E-state index contributed by atoms with van der Waals surface area (Å²) in [5, 5.41) is 17.8. The molecule has 5 aromatic rings. The number of alkyl halides is 3. The molecule has 3 aromatic heterocycles. The number of benzene rings is 2. The molecule has 0 radical (unpaired) electrons. The van der Waals surface area contributed by atoms with Gasteiger partial charge in [0.15, 0.2) is 5.82 Å². The van der Waals surface area contributed by atoms with E-state index < -0.39 is 29.4 Å². The van der Waals surface area contributed by atoms with E-state index >= 15 is 0 Å². The fourth-order valence-corrected chi connectivity index (χ4v) is 6.33. The predicted molar refractivity (Wildman–Crippen MR) is 171 cm³/mol. The molecule has 0 aliphatic heterocycles. The van der Waals surface area contributed by atoms with Gasteiger partial charge in [-0.2, -0.15) is 18.2 Å². The summed E-state index contributed by atoms with van der Waals surface area (Å²) in [6.45, 7) is 5.37. The summed E-state index contributed by atoms with van der Waals surface area (Å²) < 4.78 is 55.0. The maximum absolute atomic E-state index is 14.4. The van der Waals surface area contributed by atoms with Crippen molar-refractivity contribution in [2.75, 3.05) is 6.61 Å². The summed E-state index contributed by atoms with van der Waals surface area (Å²) in [6, 6.07) is 14.5. The highest BCUT2D eigenvalue weighted by molar-refractivity contribution is 5.80. The van der Waals surface area contributed by atoms with Crippen LogP contribution in [0.1, 0.15) is 81.6 Å². The number of H-pyrrole nitrogens is 1. The summed E-state index contributed by atoms with van der Waals surface area (Å²) in [5.41, 5.74) is 2.49. The molecule has 11 nitrogen and oxygen atoms in total. The number of nitrogens with one attached hydrogen (secondary N) is 1. The van der Waals surface area contributed by atoms with Crippen molar-refractivity contribution in [3.05, 3.63) is 92.1 Å². The molecule has 48 heavy (non-hydrogen) atoms. The topological polar surface area (TPSA) is 141 Å². The van der Waals surface area contributed by atoms with Gasteiger partial charge in [-0.15, -0.1) is 5.10 Å². The van der Waals surface area contributed by atoms with E-state index in [9.17, 15) is 27.9 Å². The fraction of sp³-hybridized carbons (Fsp3) is 0.441. The van der Waals surface area contributed by atoms with Crippen molar-refractivity contribution in [3.8, 4) is 22.5 Å². The Morgan fingerprint density at radius 2 is 1.71 bits per heavy atom. The van der Waals surface area contributed by atoms with Crippen molar-refractivity contribution in [3.63, 3.8) is 0 Å². The van der Waals surface area contributed by atoms with E-state index in [0.717, 1.165) is 16.7 Å². The number of aromatic nitrogens is 6. The minimum Gasteiger partial charge on any atom is -0.388 e. The second kappa shape index (κ2) is 13.2. The third kappa shape index (κ3) is 6.99. The Bertz CT molecular complexity index is 2010. The molecular weight excluding hydrogens is 629 g/mol. The molecule has 2 N–H and O–H groups in total. The Labute approximate surface area is 273 Å². The first-order chi connectivity index (χ1) is 22.8. The van der Waals surface area contributed by atoms with Crippen LogP contribution >= 0.6 is 0 Å². The molecule has 1 saturated carbocycles. The normalized spacial score (nSPS) is 17.3. The Morgan fingerprint density at radius 3 is 2.31 bits per heavy atom. The molecule has 254 valence electrons. The van der Waals surface area contributed by atoms with Crippen molar-refractivity contribution in [2.45, 2.75) is 89.6 Å². The molecule has 1 aliphatic rings. The van der Waals surface area contributed by atoms with Gasteiger partial charge in [0.25, 0.3) is 11.4 Å². The number of rotatable bonds is 10. The standard InChI is InChI=1S/C34H37F3N6O5/c1-4-7-27-26(18-20-10-12-21(13-11-20)24-8-5-6-9-25(24)28-38-32(45)48-41-28)29(44)42(31-39-30(34(35,36)37)40-43(27)31)22-14-16-23(17-15-22)47-19-33(2,3)46/h5-6,8-13,22-23,46H,4,7,14-19H2,1-3H3,(H,38,41,45). The van der Waals surface area contributed by atoms with E-state index in [-0.39, 0.29) is 30.5 Å². The van der Waals surface area contributed by atoms with E-state index in [1.807, 2.05) is 55.5 Å². The Kier molecular flexibility index (Phi) is 9.14. The Hall–Kier alpha value is -4.56. The first-order valence-electron chi connectivity index (χ1n) is 16.0. The number of hydrogen-bond donors (Lipinski definition) is 2. The third-order valence-electron chi connectivity index (χ3n) is 8.58. The number of ether oxygens (including phenoxy) is 1. The van der Waals surface area contributed by atoms with Gasteiger partial charge >= 0.3 is 11.9 Å². The molecule has 0 saturated heterocycles. The minimum atomic E-state index is -4.79. The predicted octanol–water partition coefficient (Wildman–Crippen LogP) is 5.73. The maximum Gasteiger partial charge on any atom is 0.453 e. The number of hydrogen-bond acceptors (Lipinski definition) is 8. The van der Waals surface area contributed by atoms with Crippen molar-refractivity contribution >= 4 is 5.78 Å². The summed E-state index contributed by atoms with van der Waals surface area (Å²) in [4.78, 5) is 32.4. The number of halogens is 3. The summed E-state index contributed by atoms with van der Waals surface area (Å²) in [7, 11) is 0. The van der Waals surface area contributed by atoms with Crippen LogP contribution in [0.3, 0.4) is 0 Å². The van der Waals surface area contributed by atoms with Crippen LogP contribution in [-0.4, -0.2) is 52.7 Å². The van der Waals surface area contributed by atoms with Crippen LogP contribution in [0.15, 0.2) is 62.6 Å². The molecule has 0 unspecified atom stereocenters. The van der Waals surface area contributed by atoms with Gasteiger partial charge in [0.2, 0.25) is 5.78 Å². The zero-order valence-corrected chi connectivity index (χ0v) is 26.9. The SMILES string of the molecule is CCCc1c(Cc2ccc(-c3ccccc3-c3noc(=O)[nH]3)cc2)c(=O)n(C2CCC(OCC(C)(C)O)CC2)c2nc(C(F)(F)F)nn12. The lowest BCUT2D eigenvalue weighted by atomic mass is 9.92. The molecule has 1 aliphatic carbocycles. The van der Waals surface area contributed by atoms with Gasteiger partial charge in [-0.05, 0) is 62.6 Å². The van der Waals surface area contributed by atoms with E-state index in [4.69, 9.17) is 4.74 Å². The van der Waals surface area contributed by atoms with Crippen LogP contribution in [0.25, 0.3) is 28.3 Å². The van der Waals surface area contributed by atoms with Gasteiger partial charge in [-0.1, -0.05) is 67.0 Å². The smallest absolute Gasteiger partial charge is 0.388 e. The van der Waals surface area contributed by atoms with Crippen molar-refractivity contribution in [2.24, 2.45) is 0 Å². The fourth-order valence-electron chi connectivity index (χ4n) is 6.33. The van der Waals surface area contributed by atoms with Crippen molar-refractivity contribution in [1.82, 2.24) is 29.3 Å². The summed E-state index contributed by atoms with van der Waals surface area (Å²) >= 11 is 0. The Balaban J connectivity index is 1.37. The van der Waals surface area contributed by atoms with Gasteiger partial charge in [0, 0.05) is 23.6 Å². The summed E-state index contributed by atoms with van der Waals surface area (Å²) in [5.74, 6) is -1.77. The van der Waals surface area contributed by atoms with Gasteiger partial charge < -0.3 is 9.84 Å². The number of fused-ring (bicyclic) bond motifs is 1. The number of aliphatic hydroxyl groups is 1. The molecule has 0 amide bonds. The molecule has 0 atom stereocenters. The van der Waals surface area contributed by atoms with E-state index in [2.05, 4.69) is 24.7 Å². The van der Waals surface area contributed by atoms with Crippen LogP contribution in [0.4, 0.5) is 13.2 Å². The molecule has 3 heterocycles. The molecule has 6 rings (SSSR count). The molecule has 2 aromatic carbocycles. The van der Waals surface area contributed by atoms with Crippen LogP contribution in [-0.2, 0) is 23.8 Å². The highest BCUT2D eigenvalue weighted by Gasteiger charge is 2.38. The Morgan fingerprint density at radius 1 is 1.02 bits per heavy atom. The van der Waals surface area contributed by atoms with Crippen LogP contribution in [0, 0.1) is 0 Å². The second-order valence-electron chi connectivity index (χ2n) is 12.9. The lowest BCUT2D eigenvalue weighted by Gasteiger charge is -2.32. The van der Waals surface area contributed by atoms with Crippen molar-refractivity contribution in [1.29, 1.82) is 0 Å². The van der Waals surface area contributed by atoms with Crippen LogP contribution in [0.5, 0.6) is 0 Å². The zero-order valence-electron chi connectivity index (χ0n) is 26.9. The van der Waals surface area contributed by atoms with Crippen molar-refractivity contribution < 1.29 is 27.5 Å². The van der Waals surface area contributed by atoms with E-state index in [1.165, 1.54) is 9.08 Å². The average molecular weight is 667 g/mol. The first-order valence-corrected chi connectivity index (χ1v) is 16.0. The molecule has 14 heteroatoms. The largest absolute Gasteiger partial charge is 0.453 e. The minimum absolute atomic E-state index is 0.113. The molecule has 0 bridgehead atoms. The number of aryl methyl sites for hydroxylation is 1. The first kappa shape index (κ1) is 33.3. The third-order valence-corrected chi connectivity index (χ3v) is 8.58.